The Morgan fingerprint density at radius 1 is 2.00 bits per heavy atom. The molecule has 5 nitrogen and oxygen atoms in total. The summed E-state index contributed by atoms with van der Waals surface area (Å²) in [5.41, 5.74) is 0. The smallest absolute Gasteiger partial charge is 0.348 e. The molecule has 0 spiro atoms. The first-order chi connectivity index (χ1) is 3.30. The Morgan fingerprint density at radius 2 is 2.71 bits per heavy atom. The number of aromatic nitrogens is 3. The fraction of sp³-hybridized carbons (Fsp3) is 0. The van der Waals surface area contributed by atoms with E-state index in [-0.39, 0.29) is 4.85 Å². The second-order valence-corrected chi connectivity index (χ2v) is 1.00. The molecule has 0 aliphatic heterocycles. The van der Waals surface area contributed by atoms with Crippen molar-refractivity contribution in [2.45, 2.75) is 0 Å². The molecule has 0 fully saturated rings. The molecule has 5 heteroatoms. The number of aromatic amines is 1. The maximum Gasteiger partial charge on any atom is 0.348 e. The van der Waals surface area contributed by atoms with Crippen LogP contribution in [0, 0.1) is 5.21 Å². The van der Waals surface area contributed by atoms with E-state index >= 15 is 0 Å². The number of H-pyrrole nitrogens is 1. The molecular weight excluding hydrogens is 98.0 g/mol. The Hall–Kier alpha value is -1.26. The molecular formula is C2H3N3O2. The predicted octanol–water partition coefficient (Wildman–Crippen LogP) is -1.25. The number of nitrogens with zero attached hydrogens (tertiary/aromatic N) is 2. The van der Waals surface area contributed by atoms with Crippen molar-refractivity contribution < 1.29 is 9.95 Å². The minimum Gasteiger partial charge on any atom is -0.688 e. The van der Waals surface area contributed by atoms with Crippen molar-refractivity contribution in [1.82, 2.24) is 10.3 Å². The van der Waals surface area contributed by atoms with E-state index in [9.17, 15) is 5.21 Å². The highest BCUT2D eigenvalue weighted by molar-refractivity contribution is 4.85. The molecule has 0 bridgehead atoms. The number of rotatable bonds is 0. The van der Waals surface area contributed by atoms with Gasteiger partial charge in [0.1, 0.15) is 0 Å². The topological polar surface area (TPSA) is 75.8 Å². The third-order valence-electron chi connectivity index (χ3n) is 0.538. The molecule has 0 aliphatic carbocycles. The van der Waals surface area contributed by atoms with Gasteiger partial charge in [0.05, 0.1) is 5.21 Å². The summed E-state index contributed by atoms with van der Waals surface area (Å²) in [5, 5.41) is 23.4. The predicted molar refractivity (Wildman–Crippen MR) is 19.2 cm³/mol. The van der Waals surface area contributed by atoms with Crippen LogP contribution in [0.2, 0.25) is 0 Å². The van der Waals surface area contributed by atoms with Crippen molar-refractivity contribution in [3.05, 3.63) is 11.4 Å². The quantitative estimate of drug-likeness (QED) is 0.316. The van der Waals surface area contributed by atoms with Crippen molar-refractivity contribution >= 4 is 0 Å². The Bertz CT molecular complexity index is 143. The van der Waals surface area contributed by atoms with Gasteiger partial charge in [0.25, 0.3) is 0 Å². The summed E-state index contributed by atoms with van der Waals surface area (Å²) >= 11 is 0. The third kappa shape index (κ3) is 0.466. The van der Waals surface area contributed by atoms with Crippen molar-refractivity contribution in [2.24, 2.45) is 0 Å². The minimum absolute atomic E-state index is 0.0833. The van der Waals surface area contributed by atoms with E-state index in [0.717, 1.165) is 6.20 Å². The normalized spacial score (nSPS) is 9.14. The first-order valence-corrected chi connectivity index (χ1v) is 1.63. The standard InChI is InChI=1S/C2H3N3O2/c6-2-1-3-4-5(2)7/h1,3,6H. The van der Waals surface area contributed by atoms with Crippen molar-refractivity contribution in [1.29, 1.82) is 0 Å². The largest absolute Gasteiger partial charge is 0.688 e. The van der Waals surface area contributed by atoms with E-state index < -0.39 is 5.88 Å². The van der Waals surface area contributed by atoms with E-state index in [1.165, 1.54) is 0 Å². The third-order valence-corrected chi connectivity index (χ3v) is 0.538. The van der Waals surface area contributed by atoms with E-state index in [0.29, 0.717) is 0 Å². The minimum atomic E-state index is -0.417. The zero-order chi connectivity index (χ0) is 5.28. The fourth-order valence-electron chi connectivity index (χ4n) is 0.245. The lowest BCUT2D eigenvalue weighted by molar-refractivity contribution is -0.674. The molecule has 38 valence electrons. The molecule has 1 rings (SSSR count). The lowest BCUT2D eigenvalue weighted by Crippen LogP contribution is -2.27. The fourth-order valence-corrected chi connectivity index (χ4v) is 0.245. The van der Waals surface area contributed by atoms with Gasteiger partial charge in [0.15, 0.2) is 6.20 Å². The van der Waals surface area contributed by atoms with Crippen LogP contribution in [-0.4, -0.2) is 15.4 Å². The maximum absolute atomic E-state index is 9.94. The summed E-state index contributed by atoms with van der Waals surface area (Å²) in [4.78, 5) is 0.0833. The summed E-state index contributed by atoms with van der Waals surface area (Å²) < 4.78 is 0. The molecule has 0 amide bonds. The first kappa shape index (κ1) is 3.91. The molecule has 0 aromatic carbocycles. The Kier molecular flexibility index (Phi) is 0.619. The average Bonchev–Trinajstić information content (AvgIpc) is 1.91. The first-order valence-electron chi connectivity index (χ1n) is 1.63. The van der Waals surface area contributed by atoms with Gasteiger partial charge >= 0.3 is 5.88 Å². The van der Waals surface area contributed by atoms with E-state index in [1.54, 1.807) is 0 Å². The summed E-state index contributed by atoms with van der Waals surface area (Å²) in [6, 6.07) is 0. The number of aromatic hydroxyl groups is 1. The Balaban J connectivity index is 3.12. The van der Waals surface area contributed by atoms with Crippen LogP contribution >= 0.6 is 0 Å². The second kappa shape index (κ2) is 1.11. The van der Waals surface area contributed by atoms with Gasteiger partial charge in [-0.2, -0.15) is 0 Å². The van der Waals surface area contributed by atoms with Crippen LogP contribution in [0.5, 0.6) is 5.88 Å². The molecule has 0 saturated heterocycles. The van der Waals surface area contributed by atoms with Gasteiger partial charge in [0, 0.05) is 0 Å². The van der Waals surface area contributed by atoms with Gasteiger partial charge in [-0.1, -0.05) is 4.85 Å². The van der Waals surface area contributed by atoms with E-state index in [1.807, 2.05) is 0 Å². The number of hydrogen-bond acceptors (Lipinski definition) is 3. The average molecular weight is 101 g/mol. The van der Waals surface area contributed by atoms with Gasteiger partial charge in [-0.25, -0.2) is 0 Å². The van der Waals surface area contributed by atoms with Gasteiger partial charge < -0.3 is 10.3 Å². The zero-order valence-electron chi connectivity index (χ0n) is 3.33. The van der Waals surface area contributed by atoms with Gasteiger partial charge in [-0.15, -0.1) is 5.10 Å². The van der Waals surface area contributed by atoms with Gasteiger partial charge in [-0.3, -0.25) is 0 Å². The molecule has 1 aromatic heterocycles. The van der Waals surface area contributed by atoms with Crippen LogP contribution in [0.1, 0.15) is 0 Å². The molecule has 0 radical (unpaired) electrons. The zero-order valence-corrected chi connectivity index (χ0v) is 3.33. The second-order valence-electron chi connectivity index (χ2n) is 1.00. The highest BCUT2D eigenvalue weighted by atomic mass is 16.5. The Labute approximate surface area is 38.8 Å². The SMILES string of the molecule is [O-][n+]1n[nH]cc1O. The summed E-state index contributed by atoms with van der Waals surface area (Å²) in [6.45, 7) is 0. The molecule has 0 saturated carbocycles. The maximum atomic E-state index is 9.94. The molecule has 0 unspecified atom stereocenters. The van der Waals surface area contributed by atoms with Crippen LogP contribution in [0.25, 0.3) is 0 Å². The molecule has 0 aliphatic rings. The van der Waals surface area contributed by atoms with E-state index in [2.05, 4.69) is 10.3 Å². The lowest BCUT2D eigenvalue weighted by Gasteiger charge is -1.86. The van der Waals surface area contributed by atoms with Crippen molar-refractivity contribution in [3.8, 4) is 5.88 Å². The van der Waals surface area contributed by atoms with Crippen LogP contribution in [0.15, 0.2) is 6.20 Å². The van der Waals surface area contributed by atoms with Crippen LogP contribution in [0.4, 0.5) is 0 Å². The number of hydrogen-bond donors (Lipinski definition) is 2. The van der Waals surface area contributed by atoms with Crippen LogP contribution in [-0.2, 0) is 0 Å². The summed E-state index contributed by atoms with van der Waals surface area (Å²) in [6.07, 6.45) is 1.09. The molecule has 2 N–H and O–H groups in total. The van der Waals surface area contributed by atoms with Crippen molar-refractivity contribution in [3.63, 3.8) is 0 Å². The molecule has 1 heterocycles. The Morgan fingerprint density at radius 3 is 2.86 bits per heavy atom. The highest BCUT2D eigenvalue weighted by Crippen LogP contribution is 1.88. The van der Waals surface area contributed by atoms with Gasteiger partial charge in [-0.05, 0) is 0 Å². The van der Waals surface area contributed by atoms with E-state index in [4.69, 9.17) is 5.11 Å². The highest BCUT2D eigenvalue weighted by Gasteiger charge is 1.95. The van der Waals surface area contributed by atoms with Crippen molar-refractivity contribution in [2.75, 3.05) is 0 Å². The number of nitrogens with one attached hydrogen (secondary N) is 1. The lowest BCUT2D eigenvalue weighted by atomic mass is 10.9. The molecule has 1 aromatic rings. The van der Waals surface area contributed by atoms with Gasteiger partial charge in [0.2, 0.25) is 0 Å². The summed E-state index contributed by atoms with van der Waals surface area (Å²) in [5.74, 6) is -0.417. The molecule has 7 heavy (non-hydrogen) atoms. The monoisotopic (exact) mass is 101 g/mol. The van der Waals surface area contributed by atoms with Crippen LogP contribution < -0.4 is 4.85 Å². The van der Waals surface area contributed by atoms with Crippen LogP contribution in [0.3, 0.4) is 0 Å². The molecule has 0 atom stereocenters. The summed E-state index contributed by atoms with van der Waals surface area (Å²) in [7, 11) is 0.